The van der Waals surface area contributed by atoms with Crippen molar-refractivity contribution in [3.8, 4) is 5.75 Å². The third-order valence-corrected chi connectivity index (χ3v) is 4.12. The Kier molecular flexibility index (Phi) is 7.02. The summed E-state index contributed by atoms with van der Waals surface area (Å²) in [6.45, 7) is 3.13. The monoisotopic (exact) mass is 381 g/mol. The molecule has 2 N–H and O–H groups in total. The standard InChI is InChI=1S/C18H21BrFNO2/c1-2-17(11-22)21-10-14-9-15(19)5-8-18(14)23-12-13-3-6-16(20)7-4-13/h3-9,17,21-22H,2,10-12H2,1H3/t17-/m0/s1. The van der Waals surface area contributed by atoms with E-state index in [1.807, 2.05) is 25.1 Å². The van der Waals surface area contributed by atoms with E-state index >= 15 is 0 Å². The number of rotatable bonds is 8. The number of ether oxygens (including phenoxy) is 1. The minimum absolute atomic E-state index is 0.0685. The van der Waals surface area contributed by atoms with E-state index in [9.17, 15) is 9.50 Å². The molecule has 0 saturated heterocycles. The Bertz CT molecular complexity index is 615. The first kappa shape index (κ1) is 17.9. The van der Waals surface area contributed by atoms with E-state index in [1.165, 1.54) is 12.1 Å². The van der Waals surface area contributed by atoms with Crippen LogP contribution in [0, 0.1) is 5.82 Å². The van der Waals surface area contributed by atoms with Gasteiger partial charge in [0, 0.05) is 22.6 Å². The smallest absolute Gasteiger partial charge is 0.124 e. The molecule has 0 radical (unpaired) electrons. The summed E-state index contributed by atoms with van der Waals surface area (Å²) >= 11 is 3.47. The van der Waals surface area contributed by atoms with Crippen LogP contribution < -0.4 is 10.1 Å². The third kappa shape index (κ3) is 5.61. The summed E-state index contributed by atoms with van der Waals surface area (Å²) in [7, 11) is 0. The summed E-state index contributed by atoms with van der Waals surface area (Å²) in [4.78, 5) is 0. The van der Waals surface area contributed by atoms with Crippen molar-refractivity contribution >= 4 is 15.9 Å². The molecule has 23 heavy (non-hydrogen) atoms. The molecule has 0 saturated carbocycles. The SMILES string of the molecule is CC[C@@H](CO)NCc1cc(Br)ccc1OCc1ccc(F)cc1. The molecule has 0 aliphatic carbocycles. The molecule has 3 nitrogen and oxygen atoms in total. The van der Waals surface area contributed by atoms with Gasteiger partial charge in [0.2, 0.25) is 0 Å². The van der Waals surface area contributed by atoms with Crippen LogP contribution in [0.25, 0.3) is 0 Å². The van der Waals surface area contributed by atoms with Gasteiger partial charge in [0.15, 0.2) is 0 Å². The van der Waals surface area contributed by atoms with Crippen LogP contribution in [-0.4, -0.2) is 17.8 Å². The maximum atomic E-state index is 12.9. The Morgan fingerprint density at radius 2 is 1.96 bits per heavy atom. The van der Waals surface area contributed by atoms with Crippen molar-refractivity contribution in [1.29, 1.82) is 0 Å². The predicted molar refractivity (Wildman–Crippen MR) is 92.9 cm³/mol. The maximum absolute atomic E-state index is 12.9. The predicted octanol–water partition coefficient (Wildman–Crippen LogP) is 4.03. The number of benzene rings is 2. The maximum Gasteiger partial charge on any atom is 0.124 e. The second-order valence-electron chi connectivity index (χ2n) is 5.34. The first-order chi connectivity index (χ1) is 11.1. The van der Waals surface area contributed by atoms with Crippen molar-refractivity contribution in [3.63, 3.8) is 0 Å². The highest BCUT2D eigenvalue weighted by atomic mass is 79.9. The Hall–Kier alpha value is -1.43. The van der Waals surface area contributed by atoms with E-state index < -0.39 is 0 Å². The van der Waals surface area contributed by atoms with Crippen LogP contribution in [0.2, 0.25) is 0 Å². The number of aliphatic hydroxyl groups excluding tert-OH is 1. The Morgan fingerprint density at radius 1 is 1.22 bits per heavy atom. The lowest BCUT2D eigenvalue weighted by Gasteiger charge is -2.17. The van der Waals surface area contributed by atoms with Crippen molar-refractivity contribution in [1.82, 2.24) is 5.32 Å². The van der Waals surface area contributed by atoms with Crippen LogP contribution in [0.15, 0.2) is 46.9 Å². The van der Waals surface area contributed by atoms with Gasteiger partial charge in [0.05, 0.1) is 6.61 Å². The van der Waals surface area contributed by atoms with Gasteiger partial charge in [0.25, 0.3) is 0 Å². The highest BCUT2D eigenvalue weighted by molar-refractivity contribution is 9.10. The quantitative estimate of drug-likeness (QED) is 0.725. The summed E-state index contributed by atoms with van der Waals surface area (Å²) in [5, 5.41) is 12.6. The van der Waals surface area contributed by atoms with Crippen LogP contribution in [0.4, 0.5) is 4.39 Å². The number of hydrogen-bond acceptors (Lipinski definition) is 3. The molecule has 2 aromatic rings. The van der Waals surface area contributed by atoms with Crippen LogP contribution in [0.1, 0.15) is 24.5 Å². The Balaban J connectivity index is 2.04. The highest BCUT2D eigenvalue weighted by Crippen LogP contribution is 2.24. The molecule has 0 aromatic heterocycles. The zero-order chi connectivity index (χ0) is 16.7. The largest absolute Gasteiger partial charge is 0.489 e. The molecular weight excluding hydrogens is 361 g/mol. The molecule has 0 aliphatic rings. The van der Waals surface area contributed by atoms with E-state index in [2.05, 4.69) is 21.2 Å². The minimum Gasteiger partial charge on any atom is -0.489 e. The van der Waals surface area contributed by atoms with Gasteiger partial charge in [-0.05, 0) is 42.3 Å². The second-order valence-corrected chi connectivity index (χ2v) is 6.25. The number of nitrogens with one attached hydrogen (secondary N) is 1. The average Bonchev–Trinajstić information content (AvgIpc) is 2.56. The topological polar surface area (TPSA) is 41.5 Å². The molecule has 0 aliphatic heterocycles. The van der Waals surface area contributed by atoms with Gasteiger partial charge in [-0.15, -0.1) is 0 Å². The van der Waals surface area contributed by atoms with E-state index in [0.29, 0.717) is 13.2 Å². The summed E-state index contributed by atoms with van der Waals surface area (Å²) in [5.41, 5.74) is 1.92. The highest BCUT2D eigenvalue weighted by Gasteiger charge is 2.09. The summed E-state index contributed by atoms with van der Waals surface area (Å²) in [5.74, 6) is 0.523. The summed E-state index contributed by atoms with van der Waals surface area (Å²) in [6, 6.07) is 12.2. The number of halogens is 2. The fourth-order valence-corrected chi connectivity index (χ4v) is 2.57. The molecule has 2 aromatic carbocycles. The second kappa shape index (κ2) is 9.01. The molecule has 0 bridgehead atoms. The molecule has 0 fully saturated rings. The van der Waals surface area contributed by atoms with Gasteiger partial charge >= 0.3 is 0 Å². The molecule has 0 spiro atoms. The van der Waals surface area contributed by atoms with Crippen LogP contribution >= 0.6 is 15.9 Å². The van der Waals surface area contributed by atoms with Crippen molar-refractivity contribution in [2.75, 3.05) is 6.61 Å². The fourth-order valence-electron chi connectivity index (χ4n) is 2.16. The van der Waals surface area contributed by atoms with Crippen LogP contribution in [0.5, 0.6) is 5.75 Å². The lowest BCUT2D eigenvalue weighted by Crippen LogP contribution is -2.31. The van der Waals surface area contributed by atoms with Gasteiger partial charge < -0.3 is 15.2 Å². The van der Waals surface area contributed by atoms with Crippen molar-refractivity contribution < 1.29 is 14.2 Å². The Labute approximate surface area is 144 Å². The van der Waals surface area contributed by atoms with Crippen molar-refractivity contribution in [2.24, 2.45) is 0 Å². The van der Waals surface area contributed by atoms with E-state index in [0.717, 1.165) is 27.8 Å². The molecular formula is C18H21BrFNO2. The zero-order valence-electron chi connectivity index (χ0n) is 13.1. The molecule has 5 heteroatoms. The van der Waals surface area contributed by atoms with E-state index in [1.54, 1.807) is 12.1 Å². The third-order valence-electron chi connectivity index (χ3n) is 3.62. The molecule has 0 unspecified atom stereocenters. The van der Waals surface area contributed by atoms with Crippen LogP contribution in [0.3, 0.4) is 0 Å². The van der Waals surface area contributed by atoms with Crippen molar-refractivity contribution in [2.45, 2.75) is 32.5 Å². The van der Waals surface area contributed by atoms with Gasteiger partial charge in [-0.1, -0.05) is 35.0 Å². The van der Waals surface area contributed by atoms with Gasteiger partial charge in [-0.3, -0.25) is 0 Å². The molecule has 0 heterocycles. The first-order valence-corrected chi connectivity index (χ1v) is 8.41. The Morgan fingerprint density at radius 3 is 2.61 bits per heavy atom. The van der Waals surface area contributed by atoms with Gasteiger partial charge in [-0.2, -0.15) is 0 Å². The van der Waals surface area contributed by atoms with Gasteiger partial charge in [0.1, 0.15) is 18.2 Å². The molecule has 0 amide bonds. The molecule has 124 valence electrons. The fraction of sp³-hybridized carbons (Fsp3) is 0.333. The summed E-state index contributed by atoms with van der Waals surface area (Å²) < 4.78 is 19.8. The van der Waals surface area contributed by atoms with Crippen molar-refractivity contribution in [3.05, 3.63) is 63.9 Å². The van der Waals surface area contributed by atoms with E-state index in [-0.39, 0.29) is 18.5 Å². The molecule has 2 rings (SSSR count). The summed E-state index contributed by atoms with van der Waals surface area (Å²) in [6.07, 6.45) is 0.857. The van der Waals surface area contributed by atoms with Gasteiger partial charge in [-0.25, -0.2) is 4.39 Å². The molecule has 1 atom stereocenters. The number of hydrogen-bond donors (Lipinski definition) is 2. The average molecular weight is 382 g/mol. The minimum atomic E-state index is -0.253. The normalized spacial score (nSPS) is 12.2. The lowest BCUT2D eigenvalue weighted by molar-refractivity contribution is 0.237. The zero-order valence-corrected chi connectivity index (χ0v) is 14.6. The van der Waals surface area contributed by atoms with E-state index in [4.69, 9.17) is 4.74 Å². The number of aliphatic hydroxyl groups is 1. The lowest BCUT2D eigenvalue weighted by atomic mass is 10.1. The van der Waals surface area contributed by atoms with Crippen LogP contribution in [-0.2, 0) is 13.2 Å². The first-order valence-electron chi connectivity index (χ1n) is 7.62.